The molecule has 2 aromatic carbocycles. The minimum Gasteiger partial charge on any atom is -0.354 e. The number of fused-ring (bicyclic) bond motifs is 1. The van der Waals surface area contributed by atoms with Gasteiger partial charge in [-0.05, 0) is 54.7 Å². The molecule has 0 atom stereocenters. The lowest BCUT2D eigenvalue weighted by Crippen LogP contribution is -2.36. The molecule has 0 saturated heterocycles. The first-order chi connectivity index (χ1) is 13.7. The van der Waals surface area contributed by atoms with Crippen LogP contribution in [0.15, 0.2) is 60.8 Å². The van der Waals surface area contributed by atoms with Gasteiger partial charge in [-0.1, -0.05) is 41.9 Å². The molecule has 1 amide bonds. The van der Waals surface area contributed by atoms with Crippen LogP contribution in [0.4, 0.5) is 11.6 Å². The van der Waals surface area contributed by atoms with Crippen LogP contribution in [0, 0.1) is 0 Å². The number of aromatic nitrogens is 2. The Morgan fingerprint density at radius 1 is 1.14 bits per heavy atom. The number of para-hydroxylation sites is 1. The maximum atomic E-state index is 13.0. The number of anilines is 2. The zero-order valence-electron chi connectivity index (χ0n) is 15.4. The standard InChI is InChI=1S/C22H21ClN4O/c23-18-8-3-5-16(15-18)10-12-24-22-25-13-11-19(26-22)21(28)27-14-4-7-17-6-1-2-9-20(17)27/h1-3,5-6,8-9,11,13,15H,4,7,10,12,14H2,(H,24,25,26). The third-order valence-corrected chi connectivity index (χ3v) is 5.05. The van der Waals surface area contributed by atoms with Crippen molar-refractivity contribution in [3.05, 3.63) is 82.6 Å². The second-order valence-corrected chi connectivity index (χ2v) is 7.20. The highest BCUT2D eigenvalue weighted by Crippen LogP contribution is 2.27. The Bertz CT molecular complexity index is 992. The fourth-order valence-corrected chi connectivity index (χ4v) is 3.67. The van der Waals surface area contributed by atoms with Gasteiger partial charge in [0.2, 0.25) is 5.95 Å². The Morgan fingerprint density at radius 3 is 2.93 bits per heavy atom. The van der Waals surface area contributed by atoms with E-state index in [0.717, 1.165) is 35.5 Å². The molecule has 0 saturated carbocycles. The van der Waals surface area contributed by atoms with Gasteiger partial charge in [0.05, 0.1) is 0 Å². The fourth-order valence-electron chi connectivity index (χ4n) is 3.46. The predicted octanol–water partition coefficient (Wildman–Crippen LogP) is 4.38. The van der Waals surface area contributed by atoms with E-state index in [1.54, 1.807) is 12.3 Å². The van der Waals surface area contributed by atoms with Crippen LogP contribution in [0.25, 0.3) is 0 Å². The molecule has 1 aromatic heterocycles. The highest BCUT2D eigenvalue weighted by atomic mass is 35.5. The highest BCUT2D eigenvalue weighted by molar-refractivity contribution is 6.30. The van der Waals surface area contributed by atoms with E-state index >= 15 is 0 Å². The van der Waals surface area contributed by atoms with Crippen molar-refractivity contribution >= 4 is 29.1 Å². The van der Waals surface area contributed by atoms with Crippen LogP contribution in [0.2, 0.25) is 5.02 Å². The molecule has 2 heterocycles. The topological polar surface area (TPSA) is 58.1 Å². The summed E-state index contributed by atoms with van der Waals surface area (Å²) >= 11 is 6.02. The van der Waals surface area contributed by atoms with Crippen LogP contribution in [0.5, 0.6) is 0 Å². The van der Waals surface area contributed by atoms with E-state index in [1.165, 1.54) is 5.56 Å². The summed E-state index contributed by atoms with van der Waals surface area (Å²) in [7, 11) is 0. The highest BCUT2D eigenvalue weighted by Gasteiger charge is 2.24. The van der Waals surface area contributed by atoms with Crippen molar-refractivity contribution in [2.24, 2.45) is 0 Å². The molecule has 0 spiro atoms. The summed E-state index contributed by atoms with van der Waals surface area (Å²) in [6.45, 7) is 1.36. The van der Waals surface area contributed by atoms with Gasteiger partial charge in [-0.15, -0.1) is 0 Å². The molecule has 28 heavy (non-hydrogen) atoms. The molecule has 0 aliphatic carbocycles. The van der Waals surface area contributed by atoms with Crippen LogP contribution in [0.1, 0.15) is 28.0 Å². The van der Waals surface area contributed by atoms with Crippen molar-refractivity contribution in [2.75, 3.05) is 23.3 Å². The van der Waals surface area contributed by atoms with Crippen molar-refractivity contribution in [2.45, 2.75) is 19.3 Å². The van der Waals surface area contributed by atoms with E-state index in [9.17, 15) is 4.79 Å². The van der Waals surface area contributed by atoms with Gasteiger partial charge in [0.25, 0.3) is 5.91 Å². The van der Waals surface area contributed by atoms with Gasteiger partial charge in [-0.2, -0.15) is 0 Å². The van der Waals surface area contributed by atoms with E-state index in [2.05, 4.69) is 21.4 Å². The molecule has 0 bridgehead atoms. The normalized spacial score (nSPS) is 13.1. The maximum absolute atomic E-state index is 13.0. The second-order valence-electron chi connectivity index (χ2n) is 6.76. The number of rotatable bonds is 5. The number of hydrogen-bond acceptors (Lipinski definition) is 4. The van der Waals surface area contributed by atoms with Crippen molar-refractivity contribution in [3.8, 4) is 0 Å². The molecule has 0 radical (unpaired) electrons. The number of hydrogen-bond donors (Lipinski definition) is 1. The number of nitrogens with zero attached hydrogens (tertiary/aromatic N) is 3. The lowest BCUT2D eigenvalue weighted by atomic mass is 10.0. The van der Waals surface area contributed by atoms with Crippen molar-refractivity contribution in [1.82, 2.24) is 9.97 Å². The van der Waals surface area contributed by atoms with Gasteiger partial charge in [-0.3, -0.25) is 4.79 Å². The summed E-state index contributed by atoms with van der Waals surface area (Å²) in [5.74, 6) is 0.366. The first-order valence-corrected chi connectivity index (χ1v) is 9.79. The molecule has 0 unspecified atom stereocenters. The third-order valence-electron chi connectivity index (χ3n) is 4.82. The van der Waals surface area contributed by atoms with Gasteiger partial charge < -0.3 is 10.2 Å². The van der Waals surface area contributed by atoms with E-state index in [4.69, 9.17) is 11.6 Å². The number of halogens is 1. The minimum atomic E-state index is -0.0903. The first kappa shape index (κ1) is 18.4. The molecule has 1 N–H and O–H groups in total. The van der Waals surface area contributed by atoms with E-state index < -0.39 is 0 Å². The second kappa shape index (κ2) is 8.40. The monoisotopic (exact) mass is 392 g/mol. The van der Waals surface area contributed by atoms with Crippen LogP contribution in [-0.2, 0) is 12.8 Å². The summed E-state index contributed by atoms with van der Waals surface area (Å²) in [4.78, 5) is 23.5. The van der Waals surface area contributed by atoms with Crippen LogP contribution in [0.3, 0.4) is 0 Å². The molecular formula is C22H21ClN4O. The van der Waals surface area contributed by atoms with Crippen LogP contribution >= 0.6 is 11.6 Å². The van der Waals surface area contributed by atoms with E-state index in [1.807, 2.05) is 47.4 Å². The minimum absolute atomic E-state index is 0.0903. The molecule has 1 aliphatic rings. The van der Waals surface area contributed by atoms with Gasteiger partial charge in [-0.25, -0.2) is 9.97 Å². The SMILES string of the molecule is O=C(c1ccnc(NCCc2cccc(Cl)c2)n1)N1CCCc2ccccc21. The Morgan fingerprint density at radius 2 is 2.04 bits per heavy atom. The third kappa shape index (κ3) is 4.15. The lowest BCUT2D eigenvalue weighted by molar-refractivity contribution is 0.0980. The predicted molar refractivity (Wildman–Crippen MR) is 112 cm³/mol. The van der Waals surface area contributed by atoms with E-state index in [0.29, 0.717) is 24.7 Å². The summed E-state index contributed by atoms with van der Waals surface area (Å²) in [5.41, 5.74) is 3.72. The number of amides is 1. The Hall–Kier alpha value is -2.92. The summed E-state index contributed by atoms with van der Waals surface area (Å²) in [5, 5.41) is 3.92. The van der Waals surface area contributed by atoms with Gasteiger partial charge in [0.1, 0.15) is 5.69 Å². The summed E-state index contributed by atoms with van der Waals surface area (Å²) in [6, 6.07) is 17.5. The number of aryl methyl sites for hydroxylation is 1. The smallest absolute Gasteiger partial charge is 0.277 e. The molecule has 5 nitrogen and oxygen atoms in total. The Balaban J connectivity index is 1.44. The fraction of sp³-hybridized carbons (Fsp3) is 0.227. The molecule has 6 heteroatoms. The van der Waals surface area contributed by atoms with Crippen molar-refractivity contribution < 1.29 is 4.79 Å². The molecule has 142 valence electrons. The molecule has 1 aliphatic heterocycles. The zero-order chi connectivity index (χ0) is 19.3. The van der Waals surface area contributed by atoms with Crippen LogP contribution < -0.4 is 10.2 Å². The molecule has 0 fully saturated rings. The zero-order valence-corrected chi connectivity index (χ0v) is 16.2. The number of carbonyl (C=O) groups is 1. The number of nitrogens with one attached hydrogen (secondary N) is 1. The van der Waals surface area contributed by atoms with Crippen molar-refractivity contribution in [1.29, 1.82) is 0 Å². The molecule has 4 rings (SSSR count). The maximum Gasteiger partial charge on any atom is 0.277 e. The Kier molecular flexibility index (Phi) is 5.53. The molecule has 3 aromatic rings. The van der Waals surface area contributed by atoms with Gasteiger partial charge >= 0.3 is 0 Å². The molecular weight excluding hydrogens is 372 g/mol. The quantitative estimate of drug-likeness (QED) is 0.700. The van der Waals surface area contributed by atoms with Gasteiger partial charge in [0.15, 0.2) is 0 Å². The summed E-state index contributed by atoms with van der Waals surface area (Å²) in [6.07, 6.45) is 4.37. The number of carbonyl (C=O) groups excluding carboxylic acids is 1. The number of benzene rings is 2. The van der Waals surface area contributed by atoms with Gasteiger partial charge in [0, 0.05) is 30.0 Å². The average Bonchev–Trinajstić information content (AvgIpc) is 2.73. The van der Waals surface area contributed by atoms with Crippen LogP contribution in [-0.4, -0.2) is 29.0 Å². The van der Waals surface area contributed by atoms with Crippen molar-refractivity contribution in [3.63, 3.8) is 0 Å². The average molecular weight is 393 g/mol. The lowest BCUT2D eigenvalue weighted by Gasteiger charge is -2.29. The largest absolute Gasteiger partial charge is 0.354 e. The van der Waals surface area contributed by atoms with E-state index in [-0.39, 0.29) is 5.91 Å². The first-order valence-electron chi connectivity index (χ1n) is 9.42. The summed E-state index contributed by atoms with van der Waals surface area (Å²) < 4.78 is 0. The Labute approximate surface area is 169 Å².